The van der Waals surface area contributed by atoms with Gasteiger partial charge in [0.25, 0.3) is 5.91 Å². The average molecular weight is 1030 g/mol. The third-order valence-electron chi connectivity index (χ3n) is 14.1. The normalized spacial score (nSPS) is 19.1. The van der Waals surface area contributed by atoms with Crippen molar-refractivity contribution >= 4 is 51.0 Å². The van der Waals surface area contributed by atoms with Gasteiger partial charge < -0.3 is 41.4 Å². The third-order valence-corrected chi connectivity index (χ3v) is 15.2. The molecule has 0 saturated carbocycles. The number of benzene rings is 4. The molecular formula is C55H71N9O9S. The van der Waals surface area contributed by atoms with Gasteiger partial charge in [-0.1, -0.05) is 109 Å². The van der Waals surface area contributed by atoms with Gasteiger partial charge in [0.05, 0.1) is 55.2 Å². The van der Waals surface area contributed by atoms with Crippen molar-refractivity contribution in [2.24, 2.45) is 22.0 Å². The van der Waals surface area contributed by atoms with Gasteiger partial charge in [0, 0.05) is 51.6 Å². The van der Waals surface area contributed by atoms with Crippen molar-refractivity contribution in [3.8, 4) is 0 Å². The van der Waals surface area contributed by atoms with Crippen LogP contribution in [-0.2, 0) is 68.5 Å². The zero-order chi connectivity index (χ0) is 53.5. The Labute approximate surface area is 434 Å². The second-order valence-corrected chi connectivity index (χ2v) is 22.9. The summed E-state index contributed by atoms with van der Waals surface area (Å²) in [5, 5.41) is 11.4. The zero-order valence-corrected chi connectivity index (χ0v) is 44.1. The zero-order valence-electron chi connectivity index (χ0n) is 43.3. The van der Waals surface area contributed by atoms with Crippen molar-refractivity contribution < 1.29 is 41.9 Å². The van der Waals surface area contributed by atoms with Crippen LogP contribution in [0, 0.1) is 5.41 Å². The largest absolute Gasteiger partial charge is 0.374 e. The lowest BCUT2D eigenvalue weighted by atomic mass is 9.73. The standard InChI is InChI=1S/C28H35N5O4.C27H36N4O5S/c1-27(2,29)25(35)30-22(18-37-17-21-12-8-5-9-13-21)24(34)33-15-14-23-28(19-33,26(36)32(3)31-23)16-20-10-6-4-7-11-20;1-26(2,28)25(33)29-22(18-36-17-20-9-5-4-6-10-20)24(32)30-15-13-27(14-16-30)19-31(37(3,34)35)23-12-8-7-11-21(23)27/h4-13,22H,14-19,29H2,1-3H3,(H,30,35);4-12,22H,13-19,28H2,1-3H3,(H,29,33)/t22-,28-;/m1./s1. The van der Waals surface area contributed by atoms with Crippen LogP contribution in [0.15, 0.2) is 120 Å². The van der Waals surface area contributed by atoms with Gasteiger partial charge in [-0.25, -0.2) is 13.4 Å². The summed E-state index contributed by atoms with van der Waals surface area (Å²) in [5.74, 6) is -1.56. The first kappa shape index (κ1) is 55.2. The Hall–Kier alpha value is -6.51. The highest BCUT2D eigenvalue weighted by Gasteiger charge is 2.54. The van der Waals surface area contributed by atoms with Crippen LogP contribution in [0.25, 0.3) is 0 Å². The van der Waals surface area contributed by atoms with Crippen LogP contribution >= 0.6 is 0 Å². The first-order chi connectivity index (χ1) is 35.0. The molecule has 8 rings (SSSR count). The molecule has 5 amide bonds. The van der Waals surface area contributed by atoms with E-state index in [1.165, 1.54) is 15.6 Å². The maximum absolute atomic E-state index is 13.8. The van der Waals surface area contributed by atoms with Gasteiger partial charge in [0.2, 0.25) is 33.7 Å². The number of sulfonamides is 1. The molecule has 1 spiro atoms. The van der Waals surface area contributed by atoms with E-state index in [1.54, 1.807) is 44.5 Å². The fraction of sp³-hybridized carbons (Fsp3) is 0.455. The van der Waals surface area contributed by atoms with Gasteiger partial charge in [-0.2, -0.15) is 5.10 Å². The minimum absolute atomic E-state index is 0.0158. The minimum atomic E-state index is -3.42. The molecule has 2 fully saturated rings. The number of ether oxygens (including phenoxy) is 2. The molecule has 18 nitrogen and oxygen atoms in total. The Kier molecular flexibility index (Phi) is 17.1. The van der Waals surface area contributed by atoms with E-state index < -0.39 is 50.4 Å². The molecule has 74 heavy (non-hydrogen) atoms. The van der Waals surface area contributed by atoms with Crippen LogP contribution in [0.2, 0.25) is 0 Å². The van der Waals surface area contributed by atoms with Crippen LogP contribution in [0.3, 0.4) is 0 Å². The van der Waals surface area contributed by atoms with Crippen molar-refractivity contribution in [3.63, 3.8) is 0 Å². The summed E-state index contributed by atoms with van der Waals surface area (Å²) in [6, 6.07) is 34.7. The Morgan fingerprint density at radius 2 is 1.14 bits per heavy atom. The lowest BCUT2D eigenvalue weighted by Gasteiger charge is -2.41. The van der Waals surface area contributed by atoms with Gasteiger partial charge >= 0.3 is 0 Å². The number of hydrogen-bond acceptors (Lipinski definition) is 12. The third kappa shape index (κ3) is 13.0. The Morgan fingerprint density at radius 3 is 1.62 bits per heavy atom. The molecule has 6 N–H and O–H groups in total. The van der Waals surface area contributed by atoms with E-state index in [0.717, 1.165) is 33.7 Å². The number of rotatable bonds is 17. The van der Waals surface area contributed by atoms with Crippen LogP contribution in [-0.4, -0.2) is 141 Å². The first-order valence-corrected chi connectivity index (χ1v) is 26.8. The Bertz CT molecular complexity index is 2780. The van der Waals surface area contributed by atoms with Crippen molar-refractivity contribution in [1.29, 1.82) is 0 Å². The number of nitrogens with one attached hydrogen (secondary N) is 2. The SMILES string of the molecule is CC(C)(N)C(=O)NC(COCc1ccccc1)C(=O)N1CCC2(CC1)CN(S(C)(=O)=O)c1ccccc12.CN1N=C2CCN(C(=O)[C@@H](COCc3ccccc3)NC(=O)C(C)(C)N)C[C@@]2(Cc2ccccc2)C1=O. The van der Waals surface area contributed by atoms with Crippen molar-refractivity contribution in [2.45, 2.75) is 95.2 Å². The molecule has 0 aliphatic carbocycles. The molecule has 4 heterocycles. The molecule has 0 aromatic heterocycles. The highest BCUT2D eigenvalue weighted by Crippen LogP contribution is 2.48. The minimum Gasteiger partial charge on any atom is -0.374 e. The second kappa shape index (κ2) is 22.9. The predicted octanol–water partition coefficient (Wildman–Crippen LogP) is 3.48. The molecule has 4 aromatic rings. The van der Waals surface area contributed by atoms with Gasteiger partial charge in [0.1, 0.15) is 17.5 Å². The fourth-order valence-electron chi connectivity index (χ4n) is 9.89. The monoisotopic (exact) mass is 1030 g/mol. The van der Waals surface area contributed by atoms with Crippen molar-refractivity contribution in [1.82, 2.24) is 25.4 Å². The molecular weight excluding hydrogens is 963 g/mol. The van der Waals surface area contributed by atoms with Crippen LogP contribution in [0.5, 0.6) is 0 Å². The molecule has 2 saturated heterocycles. The molecule has 19 heteroatoms. The number of hydrogen-bond donors (Lipinski definition) is 4. The van der Waals surface area contributed by atoms with Crippen molar-refractivity contribution in [2.75, 3.05) is 63.5 Å². The Morgan fingerprint density at radius 1 is 0.676 bits per heavy atom. The van der Waals surface area contributed by atoms with Gasteiger partial charge in [-0.15, -0.1) is 0 Å². The van der Waals surface area contributed by atoms with E-state index in [9.17, 15) is 32.4 Å². The number of hydrazone groups is 1. The molecule has 396 valence electrons. The van der Waals surface area contributed by atoms with Crippen LogP contribution < -0.4 is 26.4 Å². The maximum atomic E-state index is 13.8. The van der Waals surface area contributed by atoms with E-state index in [1.807, 2.05) is 115 Å². The molecule has 4 aliphatic heterocycles. The fourth-order valence-corrected chi connectivity index (χ4v) is 10.9. The number of likely N-dealkylation sites (tertiary alicyclic amines) is 2. The summed E-state index contributed by atoms with van der Waals surface area (Å²) in [7, 11) is -1.77. The molecule has 1 unspecified atom stereocenters. The van der Waals surface area contributed by atoms with E-state index in [4.69, 9.17) is 20.9 Å². The highest BCUT2D eigenvalue weighted by molar-refractivity contribution is 7.92. The molecule has 4 aromatic carbocycles. The number of anilines is 1. The summed E-state index contributed by atoms with van der Waals surface area (Å²) in [6.07, 6.45) is 3.38. The van der Waals surface area contributed by atoms with Crippen LogP contribution in [0.4, 0.5) is 5.69 Å². The quantitative estimate of drug-likeness (QED) is 0.119. The van der Waals surface area contributed by atoms with Gasteiger partial charge in [0.15, 0.2) is 0 Å². The highest BCUT2D eigenvalue weighted by atomic mass is 32.2. The lowest BCUT2D eigenvalue weighted by molar-refractivity contribution is -0.143. The van der Waals surface area contributed by atoms with Gasteiger partial charge in [-0.3, -0.25) is 28.3 Å². The Balaban J connectivity index is 0.000000216. The summed E-state index contributed by atoms with van der Waals surface area (Å²) >= 11 is 0. The van der Waals surface area contributed by atoms with E-state index in [-0.39, 0.29) is 42.9 Å². The number of piperidine rings is 2. The van der Waals surface area contributed by atoms with E-state index >= 15 is 0 Å². The molecule has 4 aliphatic rings. The number of nitrogens with zero attached hydrogens (tertiary/aromatic N) is 5. The summed E-state index contributed by atoms with van der Waals surface area (Å²) in [6.45, 7) is 8.78. The second-order valence-electron chi connectivity index (χ2n) is 21.0. The number of carbonyl (C=O) groups is 5. The molecule has 3 atom stereocenters. The summed E-state index contributed by atoms with van der Waals surface area (Å²) in [5.41, 5.74) is 13.8. The van der Waals surface area contributed by atoms with Crippen LogP contribution in [0.1, 0.15) is 69.2 Å². The maximum Gasteiger partial charge on any atom is 0.256 e. The smallest absolute Gasteiger partial charge is 0.256 e. The molecule has 0 radical (unpaired) electrons. The average Bonchev–Trinajstić information content (AvgIpc) is 3.82. The lowest BCUT2D eigenvalue weighted by Crippen LogP contribution is -2.61. The van der Waals surface area contributed by atoms with E-state index in [2.05, 4.69) is 15.7 Å². The van der Waals surface area contributed by atoms with Gasteiger partial charge in [-0.05, 0) is 75.3 Å². The number of fused-ring (bicyclic) bond motifs is 3. The van der Waals surface area contributed by atoms with Crippen molar-refractivity contribution in [3.05, 3.63) is 138 Å². The first-order valence-electron chi connectivity index (χ1n) is 25.0. The predicted molar refractivity (Wildman–Crippen MR) is 283 cm³/mol. The molecule has 0 bridgehead atoms. The summed E-state index contributed by atoms with van der Waals surface area (Å²) < 4.78 is 38.1. The number of nitrogens with two attached hydrogens (primary N) is 2. The van der Waals surface area contributed by atoms with E-state index in [0.29, 0.717) is 65.1 Å². The topological polar surface area (TPSA) is 239 Å². The number of amides is 5. The number of carbonyl (C=O) groups excluding carboxylic acids is 5. The summed E-state index contributed by atoms with van der Waals surface area (Å²) in [4.78, 5) is 69.5. The number of para-hydroxylation sites is 1.